The molecule has 2 N–H and O–H groups in total. The number of halogens is 4. The maximum atomic E-state index is 14.9. The Kier molecular flexibility index (Phi) is 6.59. The summed E-state index contributed by atoms with van der Waals surface area (Å²) in [4.78, 5) is 38.5. The van der Waals surface area contributed by atoms with Crippen LogP contribution in [0.15, 0.2) is 71.7 Å². The van der Waals surface area contributed by atoms with Gasteiger partial charge in [-0.2, -0.15) is 13.2 Å². The zero-order chi connectivity index (χ0) is 25.2. The molecule has 4 rings (SSSR count). The van der Waals surface area contributed by atoms with Crippen LogP contribution in [0.2, 0.25) is 0 Å². The van der Waals surface area contributed by atoms with Crippen LogP contribution in [0.5, 0.6) is 0 Å². The maximum absolute atomic E-state index is 14.9. The Labute approximate surface area is 197 Å². The first-order valence-corrected chi connectivity index (χ1v) is 10.7. The van der Waals surface area contributed by atoms with Crippen LogP contribution in [-0.4, -0.2) is 29.1 Å². The topological polar surface area (TPSA) is 83.4 Å². The monoisotopic (exact) mass is 488 g/mol. The zero-order valence-electron chi connectivity index (χ0n) is 18.2. The summed E-state index contributed by atoms with van der Waals surface area (Å²) in [5, 5.41) is 4.89. The van der Waals surface area contributed by atoms with Crippen LogP contribution in [0.3, 0.4) is 0 Å². The van der Waals surface area contributed by atoms with E-state index in [-0.39, 0.29) is 23.5 Å². The molecule has 0 spiro atoms. The molecule has 11 heteroatoms. The Bertz CT molecular complexity index is 1310. The molecule has 3 amide bonds. The molecule has 0 saturated carbocycles. The van der Waals surface area contributed by atoms with Gasteiger partial charge in [0.15, 0.2) is 0 Å². The Hall–Kier alpha value is -4.15. The number of anilines is 2. The van der Waals surface area contributed by atoms with E-state index >= 15 is 0 Å². The van der Waals surface area contributed by atoms with E-state index in [4.69, 9.17) is 0 Å². The molecular weight excluding hydrogens is 468 g/mol. The van der Waals surface area contributed by atoms with Crippen LogP contribution in [0.25, 0.3) is 5.69 Å². The van der Waals surface area contributed by atoms with Crippen LogP contribution in [0, 0.1) is 5.82 Å². The number of benzene rings is 2. The van der Waals surface area contributed by atoms with Gasteiger partial charge >= 0.3 is 12.2 Å². The van der Waals surface area contributed by atoms with E-state index in [1.54, 1.807) is 12.1 Å². The summed E-state index contributed by atoms with van der Waals surface area (Å²) in [6.45, 7) is 0.235. The fourth-order valence-corrected chi connectivity index (χ4v) is 3.82. The van der Waals surface area contributed by atoms with E-state index in [0.29, 0.717) is 18.5 Å². The Morgan fingerprint density at radius 2 is 1.74 bits per heavy atom. The zero-order valence-corrected chi connectivity index (χ0v) is 18.2. The molecular formula is C24H20F4N4O3. The van der Waals surface area contributed by atoms with Crippen LogP contribution in [-0.2, 0) is 11.0 Å². The predicted octanol–water partition coefficient (Wildman–Crippen LogP) is 4.31. The summed E-state index contributed by atoms with van der Waals surface area (Å²) in [6.07, 6.45) is -2.20. The number of urea groups is 1. The number of nitrogens with zero attached hydrogens (tertiary/aromatic N) is 2. The molecule has 1 saturated heterocycles. The van der Waals surface area contributed by atoms with E-state index in [1.165, 1.54) is 33.9 Å². The summed E-state index contributed by atoms with van der Waals surface area (Å²) in [5.41, 5.74) is -0.763. The molecule has 1 aliphatic heterocycles. The lowest BCUT2D eigenvalue weighted by atomic mass is 10.0. The van der Waals surface area contributed by atoms with Crippen molar-refractivity contribution in [3.63, 3.8) is 0 Å². The minimum atomic E-state index is -4.50. The molecule has 1 aliphatic rings. The van der Waals surface area contributed by atoms with Crippen molar-refractivity contribution >= 4 is 23.3 Å². The van der Waals surface area contributed by atoms with Crippen LogP contribution >= 0.6 is 0 Å². The highest BCUT2D eigenvalue weighted by Gasteiger charge is 2.33. The number of amides is 3. The van der Waals surface area contributed by atoms with Crippen molar-refractivity contribution in [1.29, 1.82) is 0 Å². The number of hydrogen-bond acceptors (Lipinski definition) is 3. The lowest BCUT2D eigenvalue weighted by Gasteiger charge is -2.33. The molecule has 0 radical (unpaired) electrons. The number of nitrogens with one attached hydrogen (secondary N) is 2. The smallest absolute Gasteiger partial charge is 0.326 e. The number of carbonyl (C=O) groups excluding carboxylic acids is 2. The lowest BCUT2D eigenvalue weighted by molar-refractivity contribution is -0.137. The van der Waals surface area contributed by atoms with Crippen LogP contribution in [0.1, 0.15) is 18.4 Å². The minimum absolute atomic E-state index is 0.0115. The molecule has 1 unspecified atom stereocenters. The number of rotatable bonds is 4. The SMILES string of the molecule is O=C(Nc1ccc(C(F)(F)F)cc1)NC1CCCN(c2ccc(-n3ccccc3=O)cc2F)C1=O. The molecule has 1 aromatic heterocycles. The fraction of sp³-hybridized carbons (Fsp3) is 0.208. The Balaban J connectivity index is 1.44. The lowest BCUT2D eigenvalue weighted by Crippen LogP contribution is -2.53. The van der Waals surface area contributed by atoms with E-state index in [9.17, 15) is 31.9 Å². The largest absolute Gasteiger partial charge is 0.416 e. The number of carbonyl (C=O) groups is 2. The van der Waals surface area contributed by atoms with Gasteiger partial charge in [-0.15, -0.1) is 0 Å². The van der Waals surface area contributed by atoms with E-state index in [1.807, 2.05) is 0 Å². The third-order valence-electron chi connectivity index (χ3n) is 5.54. The van der Waals surface area contributed by atoms with Gasteiger partial charge in [0.2, 0.25) is 5.91 Å². The van der Waals surface area contributed by atoms with Crippen molar-refractivity contribution in [2.24, 2.45) is 0 Å². The van der Waals surface area contributed by atoms with Gasteiger partial charge in [0.25, 0.3) is 5.56 Å². The molecule has 1 atom stereocenters. The molecule has 182 valence electrons. The predicted molar refractivity (Wildman–Crippen MR) is 121 cm³/mol. The summed E-state index contributed by atoms with van der Waals surface area (Å²) in [5.74, 6) is -1.23. The normalized spacial score (nSPS) is 16.2. The average molecular weight is 488 g/mol. The molecule has 3 aromatic rings. The number of piperidine rings is 1. The first-order valence-electron chi connectivity index (χ1n) is 10.7. The van der Waals surface area contributed by atoms with Gasteiger partial charge in [-0.05, 0) is 55.3 Å². The average Bonchev–Trinajstić information content (AvgIpc) is 2.81. The Morgan fingerprint density at radius 3 is 2.40 bits per heavy atom. The van der Waals surface area contributed by atoms with Crippen molar-refractivity contribution in [3.05, 3.63) is 88.6 Å². The third kappa shape index (κ3) is 5.34. The fourth-order valence-electron chi connectivity index (χ4n) is 3.82. The van der Waals surface area contributed by atoms with Crippen LogP contribution in [0.4, 0.5) is 33.7 Å². The summed E-state index contributed by atoms with van der Waals surface area (Å²) in [6, 6.07) is 10.7. The summed E-state index contributed by atoms with van der Waals surface area (Å²) >= 11 is 0. The number of aromatic nitrogens is 1. The molecule has 0 aliphatic carbocycles. The number of hydrogen-bond donors (Lipinski definition) is 2. The van der Waals surface area contributed by atoms with Crippen LogP contribution < -0.4 is 21.1 Å². The van der Waals surface area contributed by atoms with Gasteiger partial charge in [0, 0.05) is 30.6 Å². The molecule has 35 heavy (non-hydrogen) atoms. The van der Waals surface area contributed by atoms with Gasteiger partial charge in [-0.1, -0.05) is 6.07 Å². The summed E-state index contributed by atoms with van der Waals surface area (Å²) in [7, 11) is 0. The molecule has 1 fully saturated rings. The van der Waals surface area contributed by atoms with E-state index < -0.39 is 35.5 Å². The van der Waals surface area contributed by atoms with Crippen molar-refractivity contribution in [1.82, 2.24) is 9.88 Å². The first-order chi connectivity index (χ1) is 16.6. The van der Waals surface area contributed by atoms with Crippen molar-refractivity contribution in [2.75, 3.05) is 16.8 Å². The second-order valence-electron chi connectivity index (χ2n) is 7.90. The molecule has 7 nitrogen and oxygen atoms in total. The minimum Gasteiger partial charge on any atom is -0.326 e. The molecule has 2 heterocycles. The van der Waals surface area contributed by atoms with E-state index in [2.05, 4.69) is 10.6 Å². The first kappa shape index (κ1) is 24.0. The highest BCUT2D eigenvalue weighted by molar-refractivity contribution is 6.01. The number of pyridine rings is 1. The highest BCUT2D eigenvalue weighted by atomic mass is 19.4. The van der Waals surface area contributed by atoms with Gasteiger partial charge in [0.05, 0.1) is 16.9 Å². The quantitative estimate of drug-likeness (QED) is 0.537. The standard InChI is InChI=1S/C24H20F4N4O3/c25-18-14-17(31-12-2-1-5-21(31)33)10-11-20(18)32-13-3-4-19(22(32)34)30-23(35)29-16-8-6-15(7-9-16)24(26,27)28/h1-2,5-12,14,19H,3-4,13H2,(H2,29,30,35). The molecule has 2 aromatic carbocycles. The van der Waals surface area contributed by atoms with Gasteiger partial charge in [0.1, 0.15) is 11.9 Å². The Morgan fingerprint density at radius 1 is 1.00 bits per heavy atom. The van der Waals surface area contributed by atoms with Gasteiger partial charge in [-0.3, -0.25) is 14.2 Å². The second-order valence-corrected chi connectivity index (χ2v) is 7.90. The van der Waals surface area contributed by atoms with Crippen molar-refractivity contribution in [3.8, 4) is 5.69 Å². The van der Waals surface area contributed by atoms with Gasteiger partial charge < -0.3 is 15.5 Å². The highest BCUT2D eigenvalue weighted by Crippen LogP contribution is 2.30. The summed E-state index contributed by atoms with van der Waals surface area (Å²) < 4.78 is 54.2. The second kappa shape index (κ2) is 9.61. The van der Waals surface area contributed by atoms with Crippen molar-refractivity contribution < 1.29 is 27.2 Å². The van der Waals surface area contributed by atoms with E-state index in [0.717, 1.165) is 30.3 Å². The maximum Gasteiger partial charge on any atom is 0.416 e. The number of alkyl halides is 3. The van der Waals surface area contributed by atoms with Crippen molar-refractivity contribution in [2.45, 2.75) is 25.1 Å². The molecule has 0 bridgehead atoms. The van der Waals surface area contributed by atoms with Gasteiger partial charge in [-0.25, -0.2) is 9.18 Å². The third-order valence-corrected chi connectivity index (χ3v) is 5.54.